The van der Waals surface area contributed by atoms with Crippen molar-refractivity contribution in [2.75, 3.05) is 20.3 Å². The van der Waals surface area contributed by atoms with E-state index >= 15 is 0 Å². The van der Waals surface area contributed by atoms with E-state index < -0.39 is 28.7 Å². The van der Waals surface area contributed by atoms with Crippen molar-refractivity contribution in [3.05, 3.63) is 35.4 Å². The first-order chi connectivity index (χ1) is 11.1. The summed E-state index contributed by atoms with van der Waals surface area (Å²) >= 11 is 0. The van der Waals surface area contributed by atoms with Crippen LogP contribution in [-0.4, -0.2) is 40.8 Å². The minimum atomic E-state index is -4.40. The lowest BCUT2D eigenvalue weighted by Gasteiger charge is -2.09. The van der Waals surface area contributed by atoms with Crippen LogP contribution in [0, 0.1) is 0 Å². The molecule has 0 saturated carbocycles. The maximum Gasteiger partial charge on any atom is 0.411 e. The zero-order valence-electron chi connectivity index (χ0n) is 13.0. The predicted octanol–water partition coefficient (Wildman–Crippen LogP) is 1.32. The van der Waals surface area contributed by atoms with E-state index in [0.717, 1.165) is 5.56 Å². The number of carbonyl (C=O) groups is 1. The monoisotopic (exact) mass is 368 g/mol. The third-order valence-electron chi connectivity index (χ3n) is 2.92. The third kappa shape index (κ3) is 8.85. The van der Waals surface area contributed by atoms with Crippen LogP contribution in [0.25, 0.3) is 0 Å². The Morgan fingerprint density at radius 3 is 2.29 bits per heavy atom. The largest absolute Gasteiger partial charge is 0.411 e. The predicted molar refractivity (Wildman–Crippen MR) is 81.5 cm³/mol. The Labute approximate surface area is 138 Å². The Morgan fingerprint density at radius 2 is 1.75 bits per heavy atom. The number of hydrogen-bond donors (Lipinski definition) is 2. The standard InChI is InChI=1S/C14H19F3N2O4S/c1-18-24(21,22)9-12-4-2-11(3-5-12)8-19-13(20)6-7-23-10-14(15,16)17/h2-5,18H,6-10H2,1H3,(H,19,20). The fourth-order valence-electron chi connectivity index (χ4n) is 1.69. The molecular weight excluding hydrogens is 349 g/mol. The van der Waals surface area contributed by atoms with Crippen molar-refractivity contribution >= 4 is 15.9 Å². The van der Waals surface area contributed by atoms with E-state index in [2.05, 4.69) is 14.8 Å². The average molecular weight is 368 g/mol. The number of alkyl halides is 3. The lowest BCUT2D eigenvalue weighted by atomic mass is 10.1. The minimum Gasteiger partial charge on any atom is -0.372 e. The number of hydrogen-bond acceptors (Lipinski definition) is 4. The first-order valence-electron chi connectivity index (χ1n) is 7.01. The van der Waals surface area contributed by atoms with Gasteiger partial charge in [-0.25, -0.2) is 13.1 Å². The second kappa shape index (κ2) is 9.00. The van der Waals surface area contributed by atoms with Gasteiger partial charge < -0.3 is 10.1 Å². The van der Waals surface area contributed by atoms with Crippen LogP contribution in [0.4, 0.5) is 13.2 Å². The fourth-order valence-corrected chi connectivity index (χ4v) is 2.46. The molecule has 24 heavy (non-hydrogen) atoms. The number of benzene rings is 1. The molecule has 0 heterocycles. The molecule has 0 aliphatic carbocycles. The average Bonchev–Trinajstić information content (AvgIpc) is 2.50. The zero-order valence-corrected chi connectivity index (χ0v) is 13.8. The first-order valence-corrected chi connectivity index (χ1v) is 8.67. The zero-order chi connectivity index (χ0) is 18.2. The van der Waals surface area contributed by atoms with Crippen LogP contribution < -0.4 is 10.0 Å². The molecule has 136 valence electrons. The normalized spacial score (nSPS) is 12.2. The van der Waals surface area contributed by atoms with Crippen molar-refractivity contribution in [3.8, 4) is 0 Å². The van der Waals surface area contributed by atoms with Gasteiger partial charge >= 0.3 is 6.18 Å². The molecule has 1 aromatic carbocycles. The van der Waals surface area contributed by atoms with Crippen LogP contribution in [-0.2, 0) is 31.9 Å². The lowest BCUT2D eigenvalue weighted by molar-refractivity contribution is -0.174. The summed E-state index contributed by atoms with van der Waals surface area (Å²) < 4.78 is 64.9. The molecule has 0 radical (unpaired) electrons. The van der Waals surface area contributed by atoms with Crippen molar-refractivity contribution in [2.45, 2.75) is 24.9 Å². The van der Waals surface area contributed by atoms with E-state index in [0.29, 0.717) is 5.56 Å². The maximum atomic E-state index is 11.8. The van der Waals surface area contributed by atoms with E-state index in [9.17, 15) is 26.4 Å². The molecule has 1 aromatic rings. The van der Waals surface area contributed by atoms with E-state index in [1.807, 2.05) is 0 Å². The summed E-state index contributed by atoms with van der Waals surface area (Å²) in [5, 5.41) is 2.54. The van der Waals surface area contributed by atoms with Gasteiger partial charge in [-0.05, 0) is 18.2 Å². The molecule has 0 fully saturated rings. The Bertz CT molecular complexity index is 630. The summed E-state index contributed by atoms with van der Waals surface area (Å²) in [6.07, 6.45) is -4.58. The number of ether oxygens (including phenoxy) is 1. The molecule has 0 unspecified atom stereocenters. The number of rotatable bonds is 9. The van der Waals surface area contributed by atoms with Gasteiger partial charge in [0.05, 0.1) is 12.4 Å². The highest BCUT2D eigenvalue weighted by molar-refractivity contribution is 7.88. The number of nitrogens with one attached hydrogen (secondary N) is 2. The first kappa shape index (κ1) is 20.4. The Kier molecular flexibility index (Phi) is 7.64. The smallest absolute Gasteiger partial charge is 0.372 e. The van der Waals surface area contributed by atoms with Crippen LogP contribution in [0.1, 0.15) is 17.5 Å². The highest BCUT2D eigenvalue weighted by Crippen LogP contribution is 2.14. The van der Waals surface area contributed by atoms with Crippen molar-refractivity contribution in [1.29, 1.82) is 0 Å². The topological polar surface area (TPSA) is 84.5 Å². The fraction of sp³-hybridized carbons (Fsp3) is 0.500. The molecule has 1 rings (SSSR count). The number of sulfonamides is 1. The van der Waals surface area contributed by atoms with Gasteiger partial charge in [0.15, 0.2) is 0 Å². The van der Waals surface area contributed by atoms with Gasteiger partial charge in [0.1, 0.15) is 6.61 Å². The molecule has 6 nitrogen and oxygen atoms in total. The van der Waals surface area contributed by atoms with Gasteiger partial charge in [-0.15, -0.1) is 0 Å². The summed E-state index contributed by atoms with van der Waals surface area (Å²) in [6, 6.07) is 6.59. The van der Waals surface area contributed by atoms with Gasteiger partial charge in [-0.1, -0.05) is 24.3 Å². The number of amides is 1. The molecule has 10 heteroatoms. The van der Waals surface area contributed by atoms with E-state index in [1.54, 1.807) is 24.3 Å². The highest BCUT2D eigenvalue weighted by Gasteiger charge is 2.27. The summed E-state index contributed by atoms with van der Waals surface area (Å²) in [5.74, 6) is -0.578. The highest BCUT2D eigenvalue weighted by atomic mass is 32.2. The third-order valence-corrected chi connectivity index (χ3v) is 4.25. The van der Waals surface area contributed by atoms with Crippen LogP contribution in [0.3, 0.4) is 0 Å². The molecular formula is C14H19F3N2O4S. The van der Waals surface area contributed by atoms with Crippen molar-refractivity contribution in [3.63, 3.8) is 0 Å². The molecule has 0 saturated heterocycles. The van der Waals surface area contributed by atoms with Crippen LogP contribution >= 0.6 is 0 Å². The van der Waals surface area contributed by atoms with Crippen molar-refractivity contribution < 1.29 is 31.1 Å². The van der Waals surface area contributed by atoms with E-state index in [-0.39, 0.29) is 25.3 Å². The van der Waals surface area contributed by atoms with Crippen LogP contribution in [0.15, 0.2) is 24.3 Å². The summed E-state index contributed by atoms with van der Waals surface area (Å²) in [5.41, 5.74) is 1.34. The Balaban J connectivity index is 2.33. The molecule has 0 atom stereocenters. The molecule has 0 aromatic heterocycles. The van der Waals surface area contributed by atoms with Crippen LogP contribution in [0.2, 0.25) is 0 Å². The van der Waals surface area contributed by atoms with E-state index in [4.69, 9.17) is 0 Å². The van der Waals surface area contributed by atoms with Gasteiger partial charge in [0.25, 0.3) is 0 Å². The molecule has 0 aliphatic heterocycles. The SMILES string of the molecule is CNS(=O)(=O)Cc1ccc(CNC(=O)CCOCC(F)(F)F)cc1. The molecule has 1 amide bonds. The Hall–Kier alpha value is -1.65. The summed E-state index contributed by atoms with van der Waals surface area (Å²) in [7, 11) is -2.02. The van der Waals surface area contributed by atoms with Crippen molar-refractivity contribution in [2.24, 2.45) is 0 Å². The van der Waals surface area contributed by atoms with Gasteiger partial charge in [-0.2, -0.15) is 13.2 Å². The molecule has 0 aliphatic rings. The van der Waals surface area contributed by atoms with Crippen LogP contribution in [0.5, 0.6) is 0 Å². The second-order valence-corrected chi connectivity index (χ2v) is 6.90. The quantitative estimate of drug-likeness (QED) is 0.644. The summed E-state index contributed by atoms with van der Waals surface area (Å²) in [4.78, 5) is 11.5. The van der Waals surface area contributed by atoms with Gasteiger partial charge in [0, 0.05) is 13.0 Å². The molecule has 0 spiro atoms. The van der Waals surface area contributed by atoms with E-state index in [1.165, 1.54) is 7.05 Å². The molecule has 2 N–H and O–H groups in total. The number of carbonyl (C=O) groups excluding carboxylic acids is 1. The van der Waals surface area contributed by atoms with Crippen molar-refractivity contribution in [1.82, 2.24) is 10.0 Å². The number of halogens is 3. The van der Waals surface area contributed by atoms with Gasteiger partial charge in [0.2, 0.25) is 15.9 Å². The summed E-state index contributed by atoms with van der Waals surface area (Å²) in [6.45, 7) is -1.50. The minimum absolute atomic E-state index is 0.146. The maximum absolute atomic E-state index is 11.8. The molecule has 0 bridgehead atoms. The van der Waals surface area contributed by atoms with Gasteiger partial charge in [-0.3, -0.25) is 4.79 Å². The second-order valence-electron chi connectivity index (χ2n) is 4.97. The lowest BCUT2D eigenvalue weighted by Crippen LogP contribution is -2.25. The Morgan fingerprint density at radius 1 is 1.17 bits per heavy atom.